The van der Waals surface area contributed by atoms with Gasteiger partial charge in [-0.3, -0.25) is 0 Å². The average Bonchev–Trinajstić information content (AvgIpc) is 3.33. The third kappa shape index (κ3) is 3.62. The van der Waals surface area contributed by atoms with Gasteiger partial charge in [0.1, 0.15) is 12.2 Å². The topological polar surface area (TPSA) is 27.1 Å². The maximum Gasteiger partial charge on any atom is 0.108 e. The largest absolute Gasteiger partial charge is 0.359 e. The zero-order chi connectivity index (χ0) is 19.5. The Morgan fingerprint density at radius 2 is 1.48 bits per heavy atom. The van der Waals surface area contributed by atoms with Crippen molar-refractivity contribution < 1.29 is 4.74 Å². The molecular weight excluding hydrogens is 356 g/mol. The summed E-state index contributed by atoms with van der Waals surface area (Å²) in [5.41, 5.74) is 5.01. The first kappa shape index (κ1) is 17.9. The summed E-state index contributed by atoms with van der Waals surface area (Å²) in [6.45, 7) is 0. The molecule has 0 bridgehead atoms. The minimum Gasteiger partial charge on any atom is -0.359 e. The highest BCUT2D eigenvalue weighted by molar-refractivity contribution is 5.35. The SMILES string of the molecule is c1ccc(C(OC2c3ccccc3CCC2n2ccnc2)c2ccccc2)cc1. The third-order valence-electron chi connectivity index (χ3n) is 5.82. The predicted octanol–water partition coefficient (Wildman–Crippen LogP) is 5.92. The van der Waals surface area contributed by atoms with Crippen molar-refractivity contribution in [2.45, 2.75) is 31.1 Å². The van der Waals surface area contributed by atoms with E-state index in [0.717, 1.165) is 12.8 Å². The van der Waals surface area contributed by atoms with Gasteiger partial charge in [-0.1, -0.05) is 84.9 Å². The highest BCUT2D eigenvalue weighted by Gasteiger charge is 2.34. The zero-order valence-corrected chi connectivity index (χ0v) is 16.3. The summed E-state index contributed by atoms with van der Waals surface area (Å²) in [6, 6.07) is 29.9. The van der Waals surface area contributed by atoms with Crippen LogP contribution in [0.2, 0.25) is 0 Å². The second-order valence-corrected chi connectivity index (χ2v) is 7.57. The predicted molar refractivity (Wildman–Crippen MR) is 115 cm³/mol. The summed E-state index contributed by atoms with van der Waals surface area (Å²) in [4.78, 5) is 4.29. The number of hydrogen-bond donors (Lipinski definition) is 0. The number of rotatable bonds is 5. The number of aromatic nitrogens is 2. The standard InChI is InChI=1S/C26H24N2O/c1-3-10-21(11-4-1)25(22-12-5-2-6-13-22)29-26-23-14-8-7-9-20(23)15-16-24(26)28-18-17-27-19-28/h1-14,17-19,24-26H,15-16H2. The van der Waals surface area contributed by atoms with E-state index in [-0.39, 0.29) is 18.2 Å². The van der Waals surface area contributed by atoms with Crippen molar-refractivity contribution in [3.05, 3.63) is 126 Å². The molecule has 3 aromatic carbocycles. The minimum absolute atomic E-state index is 0.0421. The van der Waals surface area contributed by atoms with E-state index in [1.165, 1.54) is 22.3 Å². The molecule has 0 saturated heterocycles. The summed E-state index contributed by atoms with van der Waals surface area (Å²) in [5.74, 6) is 0. The summed E-state index contributed by atoms with van der Waals surface area (Å²) in [7, 11) is 0. The van der Waals surface area contributed by atoms with Crippen LogP contribution in [0.15, 0.2) is 104 Å². The van der Waals surface area contributed by atoms with Crippen molar-refractivity contribution in [2.24, 2.45) is 0 Å². The summed E-state index contributed by atoms with van der Waals surface area (Å²) >= 11 is 0. The molecule has 2 atom stereocenters. The van der Waals surface area contributed by atoms with Crippen molar-refractivity contribution in [2.75, 3.05) is 0 Å². The molecule has 29 heavy (non-hydrogen) atoms. The Balaban J connectivity index is 1.58. The van der Waals surface area contributed by atoms with Crippen molar-refractivity contribution in [3.63, 3.8) is 0 Å². The molecule has 3 heteroatoms. The van der Waals surface area contributed by atoms with Crippen LogP contribution in [0.3, 0.4) is 0 Å². The van der Waals surface area contributed by atoms with Crippen molar-refractivity contribution in [1.29, 1.82) is 0 Å². The number of ether oxygens (including phenoxy) is 1. The number of nitrogens with zero attached hydrogens (tertiary/aromatic N) is 2. The van der Waals surface area contributed by atoms with Crippen LogP contribution in [0.25, 0.3) is 0 Å². The molecular formula is C26H24N2O. The van der Waals surface area contributed by atoms with E-state index in [1.807, 2.05) is 12.5 Å². The van der Waals surface area contributed by atoms with Crippen LogP contribution in [-0.4, -0.2) is 9.55 Å². The average molecular weight is 380 g/mol. The van der Waals surface area contributed by atoms with Crippen molar-refractivity contribution in [3.8, 4) is 0 Å². The maximum atomic E-state index is 6.98. The molecule has 144 valence electrons. The molecule has 1 aliphatic rings. The van der Waals surface area contributed by atoms with Gasteiger partial charge in [0, 0.05) is 12.4 Å². The van der Waals surface area contributed by atoms with Crippen molar-refractivity contribution >= 4 is 0 Å². The summed E-state index contributed by atoms with van der Waals surface area (Å²) in [6.07, 6.45) is 7.74. The lowest BCUT2D eigenvalue weighted by Crippen LogP contribution is -2.27. The maximum absolute atomic E-state index is 6.98. The smallest absolute Gasteiger partial charge is 0.108 e. The normalized spacial score (nSPS) is 18.5. The van der Waals surface area contributed by atoms with Gasteiger partial charge in [-0.25, -0.2) is 4.98 Å². The molecule has 0 aliphatic heterocycles. The van der Waals surface area contributed by atoms with E-state index < -0.39 is 0 Å². The molecule has 0 N–H and O–H groups in total. The van der Waals surface area contributed by atoms with Crippen LogP contribution in [0.1, 0.15) is 46.9 Å². The lowest BCUT2D eigenvalue weighted by atomic mass is 9.85. The first-order chi connectivity index (χ1) is 14.4. The molecule has 0 amide bonds. The highest BCUT2D eigenvalue weighted by Crippen LogP contribution is 2.44. The highest BCUT2D eigenvalue weighted by atomic mass is 16.5. The number of hydrogen-bond acceptors (Lipinski definition) is 2. The summed E-state index contributed by atoms with van der Waals surface area (Å²) < 4.78 is 9.18. The molecule has 1 heterocycles. The van der Waals surface area contributed by atoms with Crippen LogP contribution in [0.5, 0.6) is 0 Å². The molecule has 5 rings (SSSR count). The third-order valence-corrected chi connectivity index (χ3v) is 5.82. The molecule has 0 fully saturated rings. The van der Waals surface area contributed by atoms with Crippen molar-refractivity contribution in [1.82, 2.24) is 9.55 Å². The lowest BCUT2D eigenvalue weighted by Gasteiger charge is -2.37. The monoisotopic (exact) mass is 380 g/mol. The Hall–Kier alpha value is -3.17. The fraction of sp³-hybridized carbons (Fsp3) is 0.192. The van der Waals surface area contributed by atoms with E-state index in [2.05, 4.69) is 101 Å². The van der Waals surface area contributed by atoms with Gasteiger partial charge in [-0.2, -0.15) is 0 Å². The number of imidazole rings is 1. The first-order valence-corrected chi connectivity index (χ1v) is 10.2. The molecule has 0 saturated carbocycles. The van der Waals surface area contributed by atoms with E-state index in [0.29, 0.717) is 0 Å². The Morgan fingerprint density at radius 3 is 2.14 bits per heavy atom. The molecule has 4 aromatic rings. The van der Waals surface area contributed by atoms with Gasteiger partial charge in [-0.15, -0.1) is 0 Å². The van der Waals surface area contributed by atoms with Gasteiger partial charge in [-0.05, 0) is 35.1 Å². The van der Waals surface area contributed by atoms with Crippen LogP contribution in [0, 0.1) is 0 Å². The van der Waals surface area contributed by atoms with E-state index >= 15 is 0 Å². The second-order valence-electron chi connectivity index (χ2n) is 7.57. The van der Waals surface area contributed by atoms with Crippen LogP contribution >= 0.6 is 0 Å². The Labute approximate surface area is 171 Å². The number of aryl methyl sites for hydroxylation is 1. The number of fused-ring (bicyclic) bond motifs is 1. The zero-order valence-electron chi connectivity index (χ0n) is 16.3. The van der Waals surface area contributed by atoms with Gasteiger partial charge >= 0.3 is 0 Å². The van der Waals surface area contributed by atoms with Gasteiger partial charge in [0.15, 0.2) is 0 Å². The van der Waals surface area contributed by atoms with E-state index in [9.17, 15) is 0 Å². The molecule has 2 unspecified atom stereocenters. The van der Waals surface area contributed by atoms with Gasteiger partial charge in [0.05, 0.1) is 12.4 Å². The molecule has 3 nitrogen and oxygen atoms in total. The lowest BCUT2D eigenvalue weighted by molar-refractivity contribution is -0.0314. The molecule has 1 aliphatic carbocycles. The molecule has 0 spiro atoms. The van der Waals surface area contributed by atoms with E-state index in [1.54, 1.807) is 0 Å². The molecule has 0 radical (unpaired) electrons. The Kier molecular flexibility index (Phi) is 4.97. The van der Waals surface area contributed by atoms with E-state index in [4.69, 9.17) is 4.74 Å². The molecule has 1 aromatic heterocycles. The quantitative estimate of drug-likeness (QED) is 0.430. The van der Waals surface area contributed by atoms with Crippen LogP contribution in [0.4, 0.5) is 0 Å². The van der Waals surface area contributed by atoms with Crippen LogP contribution in [-0.2, 0) is 11.2 Å². The minimum atomic E-state index is -0.125. The Bertz CT molecular complexity index is 1010. The Morgan fingerprint density at radius 1 is 0.828 bits per heavy atom. The number of benzene rings is 3. The van der Waals surface area contributed by atoms with Gasteiger partial charge in [0.2, 0.25) is 0 Å². The fourth-order valence-corrected chi connectivity index (χ4v) is 4.39. The van der Waals surface area contributed by atoms with Gasteiger partial charge < -0.3 is 9.30 Å². The second kappa shape index (κ2) is 8.06. The van der Waals surface area contributed by atoms with Gasteiger partial charge in [0.25, 0.3) is 0 Å². The fourth-order valence-electron chi connectivity index (χ4n) is 4.39. The van der Waals surface area contributed by atoms with Crippen LogP contribution < -0.4 is 0 Å². The first-order valence-electron chi connectivity index (χ1n) is 10.2. The summed E-state index contributed by atoms with van der Waals surface area (Å²) in [5, 5.41) is 0.